The number of hydrogen-bond acceptors (Lipinski definition) is 4. The zero-order valence-electron chi connectivity index (χ0n) is 11.0. The highest BCUT2D eigenvalue weighted by Crippen LogP contribution is 2.30. The van der Waals surface area contributed by atoms with Crippen LogP contribution in [0.25, 0.3) is 0 Å². The van der Waals surface area contributed by atoms with Crippen molar-refractivity contribution in [2.24, 2.45) is 0 Å². The third-order valence-corrected chi connectivity index (χ3v) is 5.43. The van der Waals surface area contributed by atoms with Crippen LogP contribution in [0.1, 0.15) is 0 Å². The lowest BCUT2D eigenvalue weighted by atomic mass is 10.2. The minimum absolute atomic E-state index is 0.0797. The molecule has 0 heterocycles. The lowest BCUT2D eigenvalue weighted by Gasteiger charge is -2.13. The van der Waals surface area contributed by atoms with E-state index in [0.717, 1.165) is 0 Å². The SMILES string of the molecule is CNS(=O)(=O)c1cc(N)ccc1Nc1ccc(Cl)c(Br)c1. The molecule has 0 radical (unpaired) electrons. The van der Waals surface area contributed by atoms with Gasteiger partial charge in [0, 0.05) is 15.8 Å². The number of sulfonamides is 1. The largest absolute Gasteiger partial charge is 0.399 e. The molecule has 0 saturated carbocycles. The van der Waals surface area contributed by atoms with Gasteiger partial charge >= 0.3 is 0 Å². The second-order valence-corrected chi connectivity index (χ2v) is 7.33. The fourth-order valence-electron chi connectivity index (χ4n) is 1.70. The molecule has 2 rings (SSSR count). The van der Waals surface area contributed by atoms with Crippen LogP contribution in [0.5, 0.6) is 0 Å². The summed E-state index contributed by atoms with van der Waals surface area (Å²) in [5, 5.41) is 3.62. The first kappa shape index (κ1) is 16.1. The quantitative estimate of drug-likeness (QED) is 0.699. The van der Waals surface area contributed by atoms with E-state index in [9.17, 15) is 8.42 Å². The normalized spacial score (nSPS) is 11.4. The standard InChI is InChI=1S/C13H13BrClN3O2S/c1-17-21(19,20)13-6-8(16)2-5-12(13)18-9-3-4-11(15)10(14)7-9/h2-7,17-18H,16H2,1H3. The van der Waals surface area contributed by atoms with Gasteiger partial charge in [-0.25, -0.2) is 13.1 Å². The van der Waals surface area contributed by atoms with Crippen molar-refractivity contribution in [1.82, 2.24) is 4.72 Å². The van der Waals surface area contributed by atoms with Gasteiger partial charge in [0.1, 0.15) is 4.90 Å². The van der Waals surface area contributed by atoms with Crippen molar-refractivity contribution in [3.8, 4) is 0 Å². The Morgan fingerprint density at radius 2 is 1.90 bits per heavy atom. The maximum absolute atomic E-state index is 12.0. The molecule has 112 valence electrons. The number of halogens is 2. The molecule has 0 unspecified atom stereocenters. The summed E-state index contributed by atoms with van der Waals surface area (Å²) >= 11 is 9.25. The Kier molecular flexibility index (Phi) is 4.77. The first-order chi connectivity index (χ1) is 9.83. The molecule has 2 aromatic rings. The van der Waals surface area contributed by atoms with Crippen molar-refractivity contribution in [3.63, 3.8) is 0 Å². The molecule has 8 heteroatoms. The average molecular weight is 391 g/mol. The van der Waals surface area contributed by atoms with Crippen LogP contribution in [-0.4, -0.2) is 15.5 Å². The maximum atomic E-state index is 12.0. The van der Waals surface area contributed by atoms with Crippen molar-refractivity contribution < 1.29 is 8.42 Å². The maximum Gasteiger partial charge on any atom is 0.242 e. The number of hydrogen-bond donors (Lipinski definition) is 3. The molecule has 0 aliphatic rings. The summed E-state index contributed by atoms with van der Waals surface area (Å²) in [5.74, 6) is 0. The predicted octanol–water partition coefficient (Wildman–Crippen LogP) is 3.34. The summed E-state index contributed by atoms with van der Waals surface area (Å²) < 4.78 is 27.1. The molecule has 0 spiro atoms. The van der Waals surface area contributed by atoms with Gasteiger partial charge < -0.3 is 11.1 Å². The van der Waals surface area contributed by atoms with E-state index in [4.69, 9.17) is 17.3 Å². The smallest absolute Gasteiger partial charge is 0.242 e. The van der Waals surface area contributed by atoms with Crippen LogP contribution in [0.4, 0.5) is 17.1 Å². The van der Waals surface area contributed by atoms with E-state index in [-0.39, 0.29) is 4.90 Å². The number of anilines is 3. The highest BCUT2D eigenvalue weighted by atomic mass is 79.9. The Hall–Kier alpha value is -1.28. The summed E-state index contributed by atoms with van der Waals surface area (Å²) in [7, 11) is -2.27. The Morgan fingerprint density at radius 1 is 1.19 bits per heavy atom. The van der Waals surface area contributed by atoms with E-state index in [1.54, 1.807) is 30.3 Å². The minimum Gasteiger partial charge on any atom is -0.399 e. The zero-order chi connectivity index (χ0) is 15.6. The van der Waals surface area contributed by atoms with E-state index in [0.29, 0.717) is 26.6 Å². The highest BCUT2D eigenvalue weighted by molar-refractivity contribution is 9.10. The fraction of sp³-hybridized carbons (Fsp3) is 0.0769. The van der Waals surface area contributed by atoms with Gasteiger partial charge in [0.05, 0.1) is 10.7 Å². The Labute approximate surface area is 136 Å². The molecule has 0 aliphatic heterocycles. The number of rotatable bonds is 4. The topological polar surface area (TPSA) is 84.2 Å². The molecule has 0 fully saturated rings. The monoisotopic (exact) mass is 389 g/mol. The van der Waals surface area contributed by atoms with Crippen LogP contribution >= 0.6 is 27.5 Å². The Bertz CT molecular complexity index is 781. The number of nitrogens with two attached hydrogens (primary N) is 1. The molecular weight excluding hydrogens is 378 g/mol. The second-order valence-electron chi connectivity index (χ2n) is 4.22. The second kappa shape index (κ2) is 6.23. The lowest BCUT2D eigenvalue weighted by Crippen LogP contribution is -2.20. The van der Waals surface area contributed by atoms with Crippen LogP contribution in [0.15, 0.2) is 45.8 Å². The molecule has 2 aromatic carbocycles. The Balaban J connectivity index is 2.47. The lowest BCUT2D eigenvalue weighted by molar-refractivity contribution is 0.588. The molecule has 0 amide bonds. The van der Waals surface area contributed by atoms with Crippen molar-refractivity contribution in [3.05, 3.63) is 45.9 Å². The molecule has 0 aliphatic carbocycles. The molecule has 21 heavy (non-hydrogen) atoms. The summed E-state index contributed by atoms with van der Waals surface area (Å²) in [5.41, 5.74) is 7.16. The third kappa shape index (κ3) is 3.68. The summed E-state index contributed by atoms with van der Waals surface area (Å²) in [6.45, 7) is 0. The van der Waals surface area contributed by atoms with Gasteiger partial charge in [-0.05, 0) is 59.4 Å². The third-order valence-electron chi connectivity index (χ3n) is 2.76. The van der Waals surface area contributed by atoms with Crippen molar-refractivity contribution in [2.75, 3.05) is 18.1 Å². The molecular formula is C13H13BrClN3O2S. The van der Waals surface area contributed by atoms with Crippen LogP contribution in [0.2, 0.25) is 5.02 Å². The van der Waals surface area contributed by atoms with Crippen molar-refractivity contribution in [2.45, 2.75) is 4.90 Å². The van der Waals surface area contributed by atoms with Gasteiger partial charge in [0.2, 0.25) is 10.0 Å². The average Bonchev–Trinajstić information content (AvgIpc) is 2.44. The molecule has 0 atom stereocenters. The molecule has 0 aromatic heterocycles. The van der Waals surface area contributed by atoms with E-state index >= 15 is 0 Å². The van der Waals surface area contributed by atoms with E-state index < -0.39 is 10.0 Å². The molecule has 4 N–H and O–H groups in total. The van der Waals surface area contributed by atoms with E-state index in [2.05, 4.69) is 26.0 Å². The first-order valence-corrected chi connectivity index (χ1v) is 8.54. The molecule has 0 bridgehead atoms. The molecule has 5 nitrogen and oxygen atoms in total. The number of benzene rings is 2. The van der Waals surface area contributed by atoms with Gasteiger partial charge in [0.25, 0.3) is 0 Å². The van der Waals surface area contributed by atoms with Crippen molar-refractivity contribution in [1.29, 1.82) is 0 Å². The fourth-order valence-corrected chi connectivity index (χ4v) is 3.12. The van der Waals surface area contributed by atoms with Gasteiger partial charge in [-0.3, -0.25) is 0 Å². The van der Waals surface area contributed by atoms with Crippen molar-refractivity contribution >= 4 is 54.6 Å². The van der Waals surface area contributed by atoms with Gasteiger partial charge in [0.15, 0.2) is 0 Å². The van der Waals surface area contributed by atoms with Gasteiger partial charge in [-0.15, -0.1) is 0 Å². The summed E-state index contributed by atoms with van der Waals surface area (Å²) in [4.78, 5) is 0.0797. The van der Waals surface area contributed by atoms with Gasteiger partial charge in [-0.1, -0.05) is 11.6 Å². The summed E-state index contributed by atoms with van der Waals surface area (Å²) in [6.07, 6.45) is 0. The highest BCUT2D eigenvalue weighted by Gasteiger charge is 2.17. The Morgan fingerprint density at radius 3 is 2.52 bits per heavy atom. The van der Waals surface area contributed by atoms with Crippen LogP contribution < -0.4 is 15.8 Å². The van der Waals surface area contributed by atoms with Crippen LogP contribution in [-0.2, 0) is 10.0 Å². The van der Waals surface area contributed by atoms with Gasteiger partial charge in [-0.2, -0.15) is 0 Å². The van der Waals surface area contributed by atoms with Crippen LogP contribution in [0.3, 0.4) is 0 Å². The number of nitrogens with one attached hydrogen (secondary N) is 2. The zero-order valence-corrected chi connectivity index (χ0v) is 14.2. The predicted molar refractivity (Wildman–Crippen MR) is 89.5 cm³/mol. The van der Waals surface area contributed by atoms with E-state index in [1.165, 1.54) is 13.1 Å². The molecule has 0 saturated heterocycles. The van der Waals surface area contributed by atoms with E-state index in [1.807, 2.05) is 0 Å². The minimum atomic E-state index is -3.62. The summed E-state index contributed by atoms with van der Waals surface area (Å²) in [6, 6.07) is 9.86. The first-order valence-electron chi connectivity index (χ1n) is 5.88. The number of nitrogen functional groups attached to an aromatic ring is 1. The van der Waals surface area contributed by atoms with Crippen LogP contribution in [0, 0.1) is 0 Å².